The first-order chi connectivity index (χ1) is 10.3. The molecule has 0 amide bonds. The van der Waals surface area contributed by atoms with E-state index in [1.807, 2.05) is 51.1 Å². The molecule has 0 bridgehead atoms. The van der Waals surface area contributed by atoms with Crippen LogP contribution in [0.5, 0.6) is 5.75 Å². The van der Waals surface area contributed by atoms with Gasteiger partial charge in [0, 0.05) is 5.56 Å². The highest BCUT2D eigenvalue weighted by Gasteiger charge is 2.27. The predicted molar refractivity (Wildman–Crippen MR) is 86.1 cm³/mol. The van der Waals surface area contributed by atoms with Crippen LogP contribution in [-0.2, 0) is 14.3 Å². The SMILES string of the molecule is COC(=O)C(COC(C)(C)C)c1cc2ccccc2cc1O. The van der Waals surface area contributed by atoms with E-state index in [4.69, 9.17) is 9.47 Å². The lowest BCUT2D eigenvalue weighted by molar-refractivity contribution is -0.145. The number of aromatic hydroxyl groups is 1. The number of carbonyl (C=O) groups is 1. The summed E-state index contributed by atoms with van der Waals surface area (Å²) in [5, 5.41) is 12.2. The first kappa shape index (κ1) is 16.3. The van der Waals surface area contributed by atoms with Crippen LogP contribution in [0.1, 0.15) is 32.3 Å². The first-order valence-corrected chi connectivity index (χ1v) is 7.25. The summed E-state index contributed by atoms with van der Waals surface area (Å²) in [6.07, 6.45) is 0. The van der Waals surface area contributed by atoms with Gasteiger partial charge in [0.15, 0.2) is 0 Å². The maximum Gasteiger partial charge on any atom is 0.315 e. The van der Waals surface area contributed by atoms with Crippen molar-refractivity contribution < 1.29 is 19.4 Å². The van der Waals surface area contributed by atoms with E-state index in [0.29, 0.717) is 5.56 Å². The van der Waals surface area contributed by atoms with Gasteiger partial charge in [-0.15, -0.1) is 0 Å². The van der Waals surface area contributed by atoms with Crippen LogP contribution < -0.4 is 0 Å². The topological polar surface area (TPSA) is 55.8 Å². The molecule has 2 aromatic rings. The van der Waals surface area contributed by atoms with Crippen LogP contribution in [-0.4, -0.2) is 30.4 Å². The minimum Gasteiger partial charge on any atom is -0.508 e. The lowest BCUT2D eigenvalue weighted by Gasteiger charge is -2.24. The number of ether oxygens (including phenoxy) is 2. The molecular formula is C18H22O4. The number of fused-ring (bicyclic) bond motifs is 1. The highest BCUT2D eigenvalue weighted by molar-refractivity contribution is 5.88. The van der Waals surface area contributed by atoms with Gasteiger partial charge in [0.1, 0.15) is 11.7 Å². The normalized spacial score (nSPS) is 13.1. The molecule has 2 rings (SSSR count). The van der Waals surface area contributed by atoms with Crippen molar-refractivity contribution in [3.8, 4) is 5.75 Å². The maximum absolute atomic E-state index is 12.1. The molecule has 1 unspecified atom stereocenters. The Hall–Kier alpha value is -2.07. The van der Waals surface area contributed by atoms with Crippen LogP contribution in [0.15, 0.2) is 36.4 Å². The summed E-state index contributed by atoms with van der Waals surface area (Å²) >= 11 is 0. The summed E-state index contributed by atoms with van der Waals surface area (Å²) in [4.78, 5) is 12.1. The molecule has 0 saturated carbocycles. The first-order valence-electron chi connectivity index (χ1n) is 7.25. The quantitative estimate of drug-likeness (QED) is 0.876. The Bertz CT molecular complexity index is 670. The lowest BCUT2D eigenvalue weighted by atomic mass is 9.95. The van der Waals surface area contributed by atoms with E-state index in [-0.39, 0.29) is 18.0 Å². The summed E-state index contributed by atoms with van der Waals surface area (Å²) in [6.45, 7) is 5.91. The van der Waals surface area contributed by atoms with Crippen LogP contribution in [0, 0.1) is 0 Å². The third kappa shape index (κ3) is 3.77. The average molecular weight is 302 g/mol. The van der Waals surface area contributed by atoms with Crippen molar-refractivity contribution in [2.45, 2.75) is 32.3 Å². The van der Waals surface area contributed by atoms with Crippen LogP contribution in [0.2, 0.25) is 0 Å². The summed E-state index contributed by atoms with van der Waals surface area (Å²) in [6, 6.07) is 11.2. The van der Waals surface area contributed by atoms with Crippen molar-refractivity contribution in [2.75, 3.05) is 13.7 Å². The molecule has 0 aliphatic heterocycles. The Morgan fingerprint density at radius 1 is 1.18 bits per heavy atom. The highest BCUT2D eigenvalue weighted by atomic mass is 16.5. The van der Waals surface area contributed by atoms with Gasteiger partial charge in [0.25, 0.3) is 0 Å². The van der Waals surface area contributed by atoms with Gasteiger partial charge in [-0.25, -0.2) is 0 Å². The fourth-order valence-corrected chi connectivity index (χ4v) is 2.29. The molecule has 2 aromatic carbocycles. The second kappa shape index (κ2) is 6.36. The zero-order valence-corrected chi connectivity index (χ0v) is 13.4. The fourth-order valence-electron chi connectivity index (χ4n) is 2.29. The number of benzene rings is 2. The summed E-state index contributed by atoms with van der Waals surface area (Å²) in [7, 11) is 1.34. The standard InChI is InChI=1S/C18H22O4/c1-18(2,3)22-11-15(17(20)21-4)14-9-12-7-5-6-8-13(12)10-16(14)19/h5-10,15,19H,11H2,1-4H3. The van der Waals surface area contributed by atoms with Gasteiger partial charge >= 0.3 is 5.97 Å². The molecule has 22 heavy (non-hydrogen) atoms. The molecule has 118 valence electrons. The van der Waals surface area contributed by atoms with Gasteiger partial charge in [-0.2, -0.15) is 0 Å². The molecule has 0 spiro atoms. The van der Waals surface area contributed by atoms with E-state index in [0.717, 1.165) is 10.8 Å². The molecule has 0 saturated heterocycles. The molecule has 1 atom stereocenters. The lowest BCUT2D eigenvalue weighted by Crippen LogP contribution is -2.27. The minimum atomic E-state index is -0.658. The molecular weight excluding hydrogens is 280 g/mol. The second-order valence-corrected chi connectivity index (χ2v) is 6.26. The monoisotopic (exact) mass is 302 g/mol. The van der Waals surface area contributed by atoms with Gasteiger partial charge in [0.05, 0.1) is 19.3 Å². The number of hydrogen-bond donors (Lipinski definition) is 1. The van der Waals surface area contributed by atoms with Gasteiger partial charge in [-0.1, -0.05) is 24.3 Å². The zero-order chi connectivity index (χ0) is 16.3. The van der Waals surface area contributed by atoms with Crippen molar-refractivity contribution in [1.29, 1.82) is 0 Å². The summed E-state index contributed by atoms with van der Waals surface area (Å²) < 4.78 is 10.6. The van der Waals surface area contributed by atoms with E-state index in [2.05, 4.69) is 0 Å². The third-order valence-corrected chi connectivity index (χ3v) is 3.44. The molecule has 0 aliphatic carbocycles. The van der Waals surface area contributed by atoms with E-state index >= 15 is 0 Å². The van der Waals surface area contributed by atoms with Crippen molar-refractivity contribution in [1.82, 2.24) is 0 Å². The number of phenols is 1. The van der Waals surface area contributed by atoms with Crippen LogP contribution in [0.3, 0.4) is 0 Å². The second-order valence-electron chi connectivity index (χ2n) is 6.26. The largest absolute Gasteiger partial charge is 0.508 e. The fraction of sp³-hybridized carbons (Fsp3) is 0.389. The summed E-state index contributed by atoms with van der Waals surface area (Å²) in [5.74, 6) is -1.00. The van der Waals surface area contributed by atoms with E-state index < -0.39 is 11.9 Å². The third-order valence-electron chi connectivity index (χ3n) is 3.44. The van der Waals surface area contributed by atoms with Crippen molar-refractivity contribution in [3.05, 3.63) is 42.0 Å². The smallest absolute Gasteiger partial charge is 0.315 e. The van der Waals surface area contributed by atoms with Crippen LogP contribution in [0.4, 0.5) is 0 Å². The molecule has 0 aliphatic rings. The number of methoxy groups -OCH3 is 1. The highest BCUT2D eigenvalue weighted by Crippen LogP contribution is 2.32. The Labute approximate surface area is 130 Å². The predicted octanol–water partition coefficient (Wildman–Crippen LogP) is 3.62. The number of rotatable bonds is 4. The maximum atomic E-state index is 12.1. The zero-order valence-electron chi connectivity index (χ0n) is 13.4. The van der Waals surface area contributed by atoms with Gasteiger partial charge in [-0.3, -0.25) is 4.79 Å². The van der Waals surface area contributed by atoms with E-state index in [1.165, 1.54) is 7.11 Å². The van der Waals surface area contributed by atoms with Gasteiger partial charge in [-0.05, 0) is 43.7 Å². The molecule has 4 nitrogen and oxygen atoms in total. The number of carbonyl (C=O) groups excluding carboxylic acids is 1. The van der Waals surface area contributed by atoms with Gasteiger partial charge < -0.3 is 14.6 Å². The average Bonchev–Trinajstić information content (AvgIpc) is 2.46. The van der Waals surface area contributed by atoms with E-state index in [9.17, 15) is 9.90 Å². The Kier molecular flexibility index (Phi) is 4.71. The van der Waals surface area contributed by atoms with Crippen LogP contribution in [0.25, 0.3) is 10.8 Å². The van der Waals surface area contributed by atoms with Crippen LogP contribution >= 0.6 is 0 Å². The summed E-state index contributed by atoms with van der Waals surface area (Å²) in [5.41, 5.74) is 0.147. The Balaban J connectivity index is 2.42. The van der Waals surface area contributed by atoms with Crippen molar-refractivity contribution in [2.24, 2.45) is 0 Å². The number of hydrogen-bond acceptors (Lipinski definition) is 4. The minimum absolute atomic E-state index is 0.0756. The molecule has 0 fully saturated rings. The molecule has 0 aromatic heterocycles. The molecule has 1 N–H and O–H groups in total. The number of esters is 1. The Morgan fingerprint density at radius 2 is 1.77 bits per heavy atom. The van der Waals surface area contributed by atoms with E-state index in [1.54, 1.807) is 6.07 Å². The number of phenolic OH excluding ortho intramolecular Hbond substituents is 1. The molecule has 0 radical (unpaired) electrons. The Morgan fingerprint density at radius 3 is 2.32 bits per heavy atom. The van der Waals surface area contributed by atoms with Gasteiger partial charge in [0.2, 0.25) is 0 Å². The van der Waals surface area contributed by atoms with Crippen molar-refractivity contribution >= 4 is 16.7 Å². The molecule has 4 heteroatoms. The molecule has 0 heterocycles. The van der Waals surface area contributed by atoms with Crippen molar-refractivity contribution in [3.63, 3.8) is 0 Å².